The molecule has 0 unspecified atom stereocenters. The molecule has 0 aliphatic heterocycles. The summed E-state index contributed by atoms with van der Waals surface area (Å²) >= 11 is 0. The van der Waals surface area contributed by atoms with E-state index in [0.29, 0.717) is 5.82 Å². The normalized spacial score (nSPS) is 10.4. The minimum absolute atomic E-state index is 0.639. The molecule has 0 aliphatic carbocycles. The number of anilines is 1. The van der Waals surface area contributed by atoms with Gasteiger partial charge in [-0.2, -0.15) is 5.10 Å². The number of nitrogens with two attached hydrogens (primary N) is 1. The van der Waals surface area contributed by atoms with E-state index in [1.807, 2.05) is 26.1 Å². The topological polar surface area (TPSA) is 81.6 Å². The molecular weight excluding hydrogens is 204 g/mol. The maximum absolute atomic E-state index is 5.41. The highest BCUT2D eigenvalue weighted by molar-refractivity contribution is 5.50. The van der Waals surface area contributed by atoms with Crippen molar-refractivity contribution in [2.24, 2.45) is 5.84 Å². The van der Waals surface area contributed by atoms with Gasteiger partial charge in [-0.1, -0.05) is 6.92 Å². The highest BCUT2D eigenvalue weighted by Gasteiger charge is 2.10. The Morgan fingerprint density at radius 1 is 1.44 bits per heavy atom. The third kappa shape index (κ3) is 1.74. The minimum Gasteiger partial charge on any atom is -0.308 e. The molecule has 6 nitrogen and oxygen atoms in total. The van der Waals surface area contributed by atoms with Gasteiger partial charge in [0.1, 0.15) is 12.1 Å². The number of nitrogens with one attached hydrogen (secondary N) is 1. The van der Waals surface area contributed by atoms with Crippen molar-refractivity contribution >= 4 is 5.82 Å². The van der Waals surface area contributed by atoms with E-state index in [4.69, 9.17) is 5.84 Å². The van der Waals surface area contributed by atoms with Crippen LogP contribution in [0, 0.1) is 6.92 Å². The van der Waals surface area contributed by atoms with Gasteiger partial charge in [0, 0.05) is 11.8 Å². The van der Waals surface area contributed by atoms with E-state index in [9.17, 15) is 0 Å². The molecule has 84 valence electrons. The molecule has 6 heteroatoms. The van der Waals surface area contributed by atoms with Gasteiger partial charge in [-0.3, -0.25) is 0 Å². The van der Waals surface area contributed by atoms with Crippen molar-refractivity contribution in [3.8, 4) is 5.82 Å². The first-order chi connectivity index (χ1) is 7.76. The molecule has 2 heterocycles. The summed E-state index contributed by atoms with van der Waals surface area (Å²) in [5.74, 6) is 6.81. The molecule has 0 aromatic carbocycles. The predicted octanol–water partition coefficient (Wildman–Crippen LogP) is 0.819. The van der Waals surface area contributed by atoms with Gasteiger partial charge in [0.25, 0.3) is 0 Å². The van der Waals surface area contributed by atoms with Crippen LogP contribution in [0.2, 0.25) is 0 Å². The average molecular weight is 218 g/mol. The molecule has 16 heavy (non-hydrogen) atoms. The summed E-state index contributed by atoms with van der Waals surface area (Å²) in [6, 6.07) is 1.93. The predicted molar refractivity (Wildman–Crippen MR) is 61.1 cm³/mol. The van der Waals surface area contributed by atoms with Crippen LogP contribution >= 0.6 is 0 Å². The van der Waals surface area contributed by atoms with Crippen LogP contribution in [0.3, 0.4) is 0 Å². The van der Waals surface area contributed by atoms with Gasteiger partial charge in [0.2, 0.25) is 0 Å². The molecule has 0 bridgehead atoms. The van der Waals surface area contributed by atoms with Crippen LogP contribution in [0.1, 0.15) is 18.2 Å². The van der Waals surface area contributed by atoms with Crippen molar-refractivity contribution in [1.29, 1.82) is 0 Å². The fraction of sp³-hybridized carbons (Fsp3) is 0.300. The Hall–Kier alpha value is -1.95. The van der Waals surface area contributed by atoms with Crippen LogP contribution in [0.5, 0.6) is 0 Å². The Morgan fingerprint density at radius 3 is 2.81 bits per heavy atom. The number of aromatic nitrogens is 4. The summed E-state index contributed by atoms with van der Waals surface area (Å²) in [6.45, 7) is 3.96. The molecule has 0 spiro atoms. The first kappa shape index (κ1) is 10.6. The molecular formula is C10H14N6. The Labute approximate surface area is 93.5 Å². The molecule has 2 aromatic rings. The Bertz CT molecular complexity index is 490. The lowest BCUT2D eigenvalue weighted by molar-refractivity contribution is 0.807. The number of hydrazine groups is 1. The van der Waals surface area contributed by atoms with Crippen molar-refractivity contribution in [1.82, 2.24) is 19.7 Å². The quantitative estimate of drug-likeness (QED) is 0.588. The molecule has 2 aromatic heterocycles. The van der Waals surface area contributed by atoms with Gasteiger partial charge in [-0.25, -0.2) is 20.5 Å². The number of aryl methyl sites for hydroxylation is 1. The van der Waals surface area contributed by atoms with Gasteiger partial charge < -0.3 is 5.43 Å². The minimum atomic E-state index is 0.639. The second kappa shape index (κ2) is 4.28. The Morgan fingerprint density at radius 2 is 2.25 bits per heavy atom. The summed E-state index contributed by atoms with van der Waals surface area (Å²) in [5, 5.41) is 4.32. The zero-order chi connectivity index (χ0) is 11.5. The van der Waals surface area contributed by atoms with Crippen molar-refractivity contribution in [3.05, 3.63) is 29.8 Å². The molecule has 2 rings (SSSR count). The third-order valence-corrected chi connectivity index (χ3v) is 2.35. The molecule has 0 saturated carbocycles. The van der Waals surface area contributed by atoms with E-state index in [2.05, 4.69) is 20.5 Å². The Balaban J connectivity index is 2.56. The highest BCUT2D eigenvalue weighted by Crippen LogP contribution is 2.18. The smallest absolute Gasteiger partial charge is 0.162 e. The van der Waals surface area contributed by atoms with E-state index >= 15 is 0 Å². The number of nitrogens with zero attached hydrogens (tertiary/aromatic N) is 4. The van der Waals surface area contributed by atoms with E-state index in [-0.39, 0.29) is 0 Å². The van der Waals surface area contributed by atoms with Crippen molar-refractivity contribution in [2.45, 2.75) is 20.3 Å². The van der Waals surface area contributed by atoms with Gasteiger partial charge >= 0.3 is 0 Å². The molecule has 0 fully saturated rings. The van der Waals surface area contributed by atoms with E-state index < -0.39 is 0 Å². The second-order valence-electron chi connectivity index (χ2n) is 3.42. The fourth-order valence-corrected chi connectivity index (χ4v) is 1.58. The van der Waals surface area contributed by atoms with Gasteiger partial charge in [0.05, 0.1) is 5.69 Å². The van der Waals surface area contributed by atoms with Gasteiger partial charge in [-0.15, -0.1) is 0 Å². The van der Waals surface area contributed by atoms with Gasteiger partial charge in [0.15, 0.2) is 5.82 Å². The molecule has 0 radical (unpaired) electrons. The van der Waals surface area contributed by atoms with Crippen LogP contribution in [-0.2, 0) is 6.42 Å². The number of hydrogen-bond donors (Lipinski definition) is 2. The van der Waals surface area contributed by atoms with Crippen LogP contribution in [0.15, 0.2) is 18.6 Å². The monoisotopic (exact) mass is 218 g/mol. The second-order valence-corrected chi connectivity index (χ2v) is 3.42. The zero-order valence-electron chi connectivity index (χ0n) is 9.31. The third-order valence-electron chi connectivity index (χ3n) is 2.35. The van der Waals surface area contributed by atoms with Crippen LogP contribution in [-0.4, -0.2) is 19.7 Å². The SMILES string of the molecule is CCc1c(NN)ncnc1-n1ccc(C)n1. The lowest BCUT2D eigenvalue weighted by atomic mass is 10.2. The van der Waals surface area contributed by atoms with E-state index in [1.165, 1.54) is 6.33 Å². The zero-order valence-corrected chi connectivity index (χ0v) is 9.31. The van der Waals surface area contributed by atoms with E-state index in [0.717, 1.165) is 23.5 Å². The molecule has 0 aliphatic rings. The summed E-state index contributed by atoms with van der Waals surface area (Å²) in [6.07, 6.45) is 4.13. The maximum Gasteiger partial charge on any atom is 0.162 e. The number of rotatable bonds is 3. The van der Waals surface area contributed by atoms with Crippen LogP contribution in [0.25, 0.3) is 5.82 Å². The standard InChI is InChI=1S/C10H14N6/c1-3-8-9(14-11)12-6-13-10(8)16-5-4-7(2)15-16/h4-6H,3,11H2,1-2H3,(H,12,13,14). The molecule has 0 saturated heterocycles. The molecule has 0 amide bonds. The van der Waals surface area contributed by atoms with Gasteiger partial charge in [-0.05, 0) is 19.4 Å². The maximum atomic E-state index is 5.41. The number of hydrogen-bond acceptors (Lipinski definition) is 5. The van der Waals surface area contributed by atoms with Crippen molar-refractivity contribution < 1.29 is 0 Å². The van der Waals surface area contributed by atoms with Crippen molar-refractivity contribution in [2.75, 3.05) is 5.43 Å². The summed E-state index contributed by atoms with van der Waals surface area (Å²) < 4.78 is 1.73. The first-order valence-corrected chi connectivity index (χ1v) is 5.09. The average Bonchev–Trinajstić information content (AvgIpc) is 2.74. The molecule has 0 atom stereocenters. The first-order valence-electron chi connectivity index (χ1n) is 5.09. The lowest BCUT2D eigenvalue weighted by Gasteiger charge is -2.10. The number of nitrogen functional groups attached to an aromatic ring is 1. The summed E-state index contributed by atoms with van der Waals surface area (Å²) in [4.78, 5) is 8.31. The lowest BCUT2D eigenvalue weighted by Crippen LogP contribution is -2.14. The summed E-state index contributed by atoms with van der Waals surface area (Å²) in [7, 11) is 0. The highest BCUT2D eigenvalue weighted by atomic mass is 15.3. The van der Waals surface area contributed by atoms with E-state index in [1.54, 1.807) is 4.68 Å². The van der Waals surface area contributed by atoms with Crippen LogP contribution in [0.4, 0.5) is 5.82 Å². The Kier molecular flexibility index (Phi) is 2.82. The fourth-order valence-electron chi connectivity index (χ4n) is 1.58. The van der Waals surface area contributed by atoms with Crippen LogP contribution < -0.4 is 11.3 Å². The van der Waals surface area contributed by atoms with Crippen molar-refractivity contribution in [3.63, 3.8) is 0 Å². The largest absolute Gasteiger partial charge is 0.308 e. The summed E-state index contributed by atoms with van der Waals surface area (Å²) in [5.41, 5.74) is 4.47. The molecule has 3 N–H and O–H groups in total.